The van der Waals surface area contributed by atoms with Crippen LogP contribution in [-0.4, -0.2) is 41.9 Å². The maximum atomic E-state index is 12.0. The molecule has 5 nitrogen and oxygen atoms in total. The molecule has 1 rings (SSSR count). The van der Waals surface area contributed by atoms with Gasteiger partial charge in [-0.25, -0.2) is 16.8 Å². The minimum atomic E-state index is -3.50. The fourth-order valence-electron chi connectivity index (χ4n) is 2.21. The summed E-state index contributed by atoms with van der Waals surface area (Å²) in [6.45, 7) is 6.66. The van der Waals surface area contributed by atoms with E-state index in [1.165, 1.54) is 12.1 Å². The van der Waals surface area contributed by atoms with Gasteiger partial charge in [-0.1, -0.05) is 19.9 Å². The molecule has 2 atom stereocenters. The Morgan fingerprint density at radius 3 is 2.05 bits per heavy atom. The molecule has 21 heavy (non-hydrogen) atoms. The third kappa shape index (κ3) is 4.52. The SMILES string of the molecule is CCNC(C)C(C)c1ccc(S(C)(=O)=O)cc1S(C)(=O)=O. The van der Waals surface area contributed by atoms with Gasteiger partial charge in [0.15, 0.2) is 19.7 Å². The van der Waals surface area contributed by atoms with Crippen molar-refractivity contribution in [2.24, 2.45) is 0 Å². The molecular formula is C14H23NO4S2. The standard InChI is InChI=1S/C14H23NO4S2/c1-6-15-11(3)10(2)13-8-7-12(20(4,16)17)9-14(13)21(5,18)19/h7-11,15H,6H2,1-5H3. The quantitative estimate of drug-likeness (QED) is 0.855. The monoisotopic (exact) mass is 333 g/mol. The zero-order chi connectivity index (χ0) is 16.4. The van der Waals surface area contributed by atoms with Crippen molar-refractivity contribution < 1.29 is 16.8 Å². The Morgan fingerprint density at radius 1 is 1.05 bits per heavy atom. The third-order valence-corrected chi connectivity index (χ3v) is 5.84. The highest BCUT2D eigenvalue weighted by Crippen LogP contribution is 2.29. The number of hydrogen-bond donors (Lipinski definition) is 1. The van der Waals surface area contributed by atoms with Gasteiger partial charge in [-0.05, 0) is 37.1 Å². The van der Waals surface area contributed by atoms with E-state index in [0.717, 1.165) is 19.1 Å². The van der Waals surface area contributed by atoms with E-state index in [9.17, 15) is 16.8 Å². The first-order valence-corrected chi connectivity index (χ1v) is 10.5. The number of benzene rings is 1. The first-order valence-electron chi connectivity index (χ1n) is 6.76. The van der Waals surface area contributed by atoms with E-state index in [-0.39, 0.29) is 21.8 Å². The molecule has 0 saturated heterocycles. The molecule has 0 fully saturated rings. The molecule has 0 aliphatic rings. The number of likely N-dealkylation sites (N-methyl/N-ethyl adjacent to an activating group) is 1. The van der Waals surface area contributed by atoms with Gasteiger partial charge >= 0.3 is 0 Å². The van der Waals surface area contributed by atoms with Crippen molar-refractivity contribution in [3.8, 4) is 0 Å². The van der Waals surface area contributed by atoms with Gasteiger partial charge < -0.3 is 5.32 Å². The van der Waals surface area contributed by atoms with Gasteiger partial charge in [-0.15, -0.1) is 0 Å². The van der Waals surface area contributed by atoms with Crippen LogP contribution in [0.25, 0.3) is 0 Å². The predicted octanol–water partition coefficient (Wildman–Crippen LogP) is 1.60. The van der Waals surface area contributed by atoms with Crippen LogP contribution in [0.3, 0.4) is 0 Å². The minimum absolute atomic E-state index is 0.0231. The average molecular weight is 333 g/mol. The van der Waals surface area contributed by atoms with E-state index < -0.39 is 19.7 Å². The second-order valence-electron chi connectivity index (χ2n) is 5.38. The highest BCUT2D eigenvalue weighted by molar-refractivity contribution is 7.91. The lowest BCUT2D eigenvalue weighted by Gasteiger charge is -2.23. The van der Waals surface area contributed by atoms with Crippen molar-refractivity contribution >= 4 is 19.7 Å². The molecule has 0 aliphatic carbocycles. The molecule has 2 unspecified atom stereocenters. The van der Waals surface area contributed by atoms with E-state index in [4.69, 9.17) is 0 Å². The van der Waals surface area contributed by atoms with E-state index >= 15 is 0 Å². The molecule has 1 N–H and O–H groups in total. The van der Waals surface area contributed by atoms with Crippen LogP contribution in [0.4, 0.5) is 0 Å². The Morgan fingerprint density at radius 2 is 1.62 bits per heavy atom. The Balaban J connectivity index is 3.47. The molecule has 120 valence electrons. The maximum Gasteiger partial charge on any atom is 0.175 e. The van der Waals surface area contributed by atoms with Crippen molar-refractivity contribution in [3.63, 3.8) is 0 Å². The number of sulfone groups is 2. The molecule has 0 bridgehead atoms. The summed E-state index contributed by atoms with van der Waals surface area (Å²) in [5.74, 6) is -0.0525. The topological polar surface area (TPSA) is 80.3 Å². The van der Waals surface area contributed by atoms with E-state index in [0.29, 0.717) is 5.56 Å². The summed E-state index contributed by atoms with van der Waals surface area (Å²) < 4.78 is 47.2. The zero-order valence-electron chi connectivity index (χ0n) is 13.0. The van der Waals surface area contributed by atoms with Gasteiger partial charge in [0.2, 0.25) is 0 Å². The summed E-state index contributed by atoms with van der Waals surface area (Å²) in [7, 11) is -6.94. The molecule has 1 aromatic carbocycles. The summed E-state index contributed by atoms with van der Waals surface area (Å²) in [6, 6.07) is 4.41. The minimum Gasteiger partial charge on any atom is -0.314 e. The first kappa shape index (κ1) is 18.1. The lowest BCUT2D eigenvalue weighted by molar-refractivity contribution is 0.489. The van der Waals surface area contributed by atoms with E-state index in [2.05, 4.69) is 5.32 Å². The van der Waals surface area contributed by atoms with Gasteiger partial charge in [0.05, 0.1) is 9.79 Å². The lowest BCUT2D eigenvalue weighted by Crippen LogP contribution is -2.31. The Bertz CT molecular complexity index is 708. The summed E-state index contributed by atoms with van der Waals surface area (Å²) in [5.41, 5.74) is 0.637. The molecular weight excluding hydrogens is 310 g/mol. The van der Waals surface area contributed by atoms with Crippen LogP contribution < -0.4 is 5.32 Å². The zero-order valence-corrected chi connectivity index (χ0v) is 14.7. The molecule has 0 radical (unpaired) electrons. The van der Waals surface area contributed by atoms with Gasteiger partial charge in [0, 0.05) is 18.6 Å². The highest BCUT2D eigenvalue weighted by Gasteiger charge is 2.23. The highest BCUT2D eigenvalue weighted by atomic mass is 32.2. The Labute approximate surface area is 127 Å². The molecule has 1 aromatic rings. The van der Waals surface area contributed by atoms with Crippen LogP contribution >= 0.6 is 0 Å². The maximum absolute atomic E-state index is 12.0. The van der Waals surface area contributed by atoms with Gasteiger partial charge in [0.25, 0.3) is 0 Å². The van der Waals surface area contributed by atoms with Gasteiger partial charge in [-0.2, -0.15) is 0 Å². The predicted molar refractivity (Wildman–Crippen MR) is 84.2 cm³/mol. The Hall–Kier alpha value is -0.920. The molecule has 0 spiro atoms. The van der Waals surface area contributed by atoms with Gasteiger partial charge in [-0.3, -0.25) is 0 Å². The van der Waals surface area contributed by atoms with Crippen molar-refractivity contribution in [2.45, 2.75) is 42.5 Å². The van der Waals surface area contributed by atoms with Crippen LogP contribution in [0.15, 0.2) is 28.0 Å². The lowest BCUT2D eigenvalue weighted by atomic mass is 9.94. The van der Waals surface area contributed by atoms with Crippen molar-refractivity contribution in [2.75, 3.05) is 19.1 Å². The van der Waals surface area contributed by atoms with Crippen molar-refractivity contribution in [1.29, 1.82) is 0 Å². The normalized spacial score (nSPS) is 15.7. The molecule has 0 aromatic heterocycles. The number of nitrogens with one attached hydrogen (secondary N) is 1. The number of rotatable bonds is 6. The second-order valence-corrected chi connectivity index (χ2v) is 9.38. The van der Waals surface area contributed by atoms with Crippen molar-refractivity contribution in [1.82, 2.24) is 5.32 Å². The van der Waals surface area contributed by atoms with Gasteiger partial charge in [0.1, 0.15) is 0 Å². The summed E-state index contributed by atoms with van der Waals surface area (Å²) >= 11 is 0. The van der Waals surface area contributed by atoms with Crippen molar-refractivity contribution in [3.05, 3.63) is 23.8 Å². The van der Waals surface area contributed by atoms with Crippen LogP contribution in [0, 0.1) is 0 Å². The molecule has 0 aliphatic heterocycles. The molecule has 0 saturated carbocycles. The fraction of sp³-hybridized carbons (Fsp3) is 0.571. The molecule has 7 heteroatoms. The molecule has 0 amide bonds. The van der Waals surface area contributed by atoms with E-state index in [1.54, 1.807) is 6.07 Å². The summed E-state index contributed by atoms with van der Waals surface area (Å²) in [5, 5.41) is 3.25. The van der Waals surface area contributed by atoms with Crippen LogP contribution in [0.1, 0.15) is 32.3 Å². The average Bonchev–Trinajstić information content (AvgIpc) is 2.35. The molecule has 0 heterocycles. The smallest absolute Gasteiger partial charge is 0.175 e. The first-order chi connectivity index (χ1) is 9.48. The van der Waals surface area contributed by atoms with Crippen LogP contribution in [-0.2, 0) is 19.7 Å². The number of hydrogen-bond acceptors (Lipinski definition) is 5. The van der Waals surface area contributed by atoms with Crippen LogP contribution in [0.5, 0.6) is 0 Å². The summed E-state index contributed by atoms with van der Waals surface area (Å²) in [4.78, 5) is 0.109. The fourth-order valence-corrected chi connectivity index (χ4v) is 3.96. The van der Waals surface area contributed by atoms with E-state index in [1.807, 2.05) is 20.8 Å². The summed E-state index contributed by atoms with van der Waals surface area (Å²) in [6.07, 6.45) is 2.17. The third-order valence-electron chi connectivity index (χ3n) is 3.58. The van der Waals surface area contributed by atoms with Crippen LogP contribution in [0.2, 0.25) is 0 Å². The Kier molecular flexibility index (Phi) is 5.57. The second kappa shape index (κ2) is 6.46. The largest absolute Gasteiger partial charge is 0.314 e.